The molecule has 138 valence electrons. The van der Waals surface area contributed by atoms with E-state index in [2.05, 4.69) is 0 Å². The van der Waals surface area contributed by atoms with Gasteiger partial charge in [-0.05, 0) is 32.0 Å². The third-order valence-corrected chi connectivity index (χ3v) is 5.38. The molecule has 1 aliphatic rings. The van der Waals surface area contributed by atoms with Crippen LogP contribution < -0.4 is 4.90 Å². The van der Waals surface area contributed by atoms with Gasteiger partial charge >= 0.3 is 5.97 Å². The second kappa shape index (κ2) is 7.86. The van der Waals surface area contributed by atoms with Crippen LogP contribution in [0.15, 0.2) is 30.3 Å². The van der Waals surface area contributed by atoms with Crippen molar-refractivity contribution in [2.24, 2.45) is 0 Å². The standard InChI is InChI=1S/C19H21FN2O3S/c1-13-11-15(14(2)26-13)19(24)25-12-18(23)22-9-7-21(8-10-22)17-6-4-3-5-16(17)20/h3-6,11H,7-10,12H2,1-2H3. The van der Waals surface area contributed by atoms with Crippen LogP contribution in [0.4, 0.5) is 10.1 Å². The van der Waals surface area contributed by atoms with E-state index in [1.165, 1.54) is 17.4 Å². The molecule has 0 saturated carbocycles. The Morgan fingerprint density at radius 3 is 2.46 bits per heavy atom. The SMILES string of the molecule is Cc1cc(C(=O)OCC(=O)N2CCN(c3ccccc3F)CC2)c(C)s1. The molecule has 1 fully saturated rings. The summed E-state index contributed by atoms with van der Waals surface area (Å²) in [6.45, 7) is 5.55. The maximum absolute atomic E-state index is 13.9. The van der Waals surface area contributed by atoms with Gasteiger partial charge in [-0.25, -0.2) is 9.18 Å². The molecule has 0 spiro atoms. The van der Waals surface area contributed by atoms with Gasteiger partial charge in [-0.3, -0.25) is 4.79 Å². The maximum Gasteiger partial charge on any atom is 0.339 e. The van der Waals surface area contributed by atoms with Crippen molar-refractivity contribution in [3.05, 3.63) is 51.5 Å². The summed E-state index contributed by atoms with van der Waals surface area (Å²) in [6, 6.07) is 8.40. The molecule has 1 saturated heterocycles. The smallest absolute Gasteiger partial charge is 0.339 e. The van der Waals surface area contributed by atoms with Crippen molar-refractivity contribution in [3.63, 3.8) is 0 Å². The Balaban J connectivity index is 1.50. The number of benzene rings is 1. The lowest BCUT2D eigenvalue weighted by molar-refractivity contribution is -0.134. The van der Waals surface area contributed by atoms with Gasteiger partial charge in [-0.2, -0.15) is 0 Å². The molecule has 26 heavy (non-hydrogen) atoms. The van der Waals surface area contributed by atoms with Gasteiger partial charge in [0.2, 0.25) is 0 Å². The van der Waals surface area contributed by atoms with Gasteiger partial charge in [0.05, 0.1) is 11.3 Å². The van der Waals surface area contributed by atoms with Crippen LogP contribution in [-0.2, 0) is 9.53 Å². The number of halogens is 1. The summed E-state index contributed by atoms with van der Waals surface area (Å²) < 4.78 is 19.0. The highest BCUT2D eigenvalue weighted by atomic mass is 32.1. The van der Waals surface area contributed by atoms with Gasteiger partial charge < -0.3 is 14.5 Å². The number of nitrogens with zero attached hydrogens (tertiary/aromatic N) is 2. The topological polar surface area (TPSA) is 49.9 Å². The summed E-state index contributed by atoms with van der Waals surface area (Å²) >= 11 is 1.53. The van der Waals surface area contributed by atoms with E-state index in [1.54, 1.807) is 29.2 Å². The number of thiophene rings is 1. The highest BCUT2D eigenvalue weighted by Gasteiger charge is 2.24. The Hall–Kier alpha value is -2.41. The number of hydrogen-bond donors (Lipinski definition) is 0. The number of para-hydroxylation sites is 1. The number of rotatable bonds is 4. The molecule has 1 aliphatic heterocycles. The van der Waals surface area contributed by atoms with E-state index in [9.17, 15) is 14.0 Å². The molecule has 3 rings (SSSR count). The lowest BCUT2D eigenvalue weighted by Crippen LogP contribution is -2.50. The van der Waals surface area contributed by atoms with E-state index < -0.39 is 5.97 Å². The van der Waals surface area contributed by atoms with E-state index in [4.69, 9.17) is 4.74 Å². The first-order valence-corrected chi connectivity index (χ1v) is 9.29. The Kier molecular flexibility index (Phi) is 5.56. The van der Waals surface area contributed by atoms with E-state index in [-0.39, 0.29) is 18.3 Å². The summed E-state index contributed by atoms with van der Waals surface area (Å²) in [7, 11) is 0. The molecule has 1 amide bonds. The highest BCUT2D eigenvalue weighted by molar-refractivity contribution is 7.12. The van der Waals surface area contributed by atoms with E-state index >= 15 is 0 Å². The summed E-state index contributed by atoms with van der Waals surface area (Å²) in [6.07, 6.45) is 0. The first-order chi connectivity index (χ1) is 12.5. The first-order valence-electron chi connectivity index (χ1n) is 8.47. The second-order valence-electron chi connectivity index (χ2n) is 6.22. The molecule has 0 aliphatic carbocycles. The number of carbonyl (C=O) groups excluding carboxylic acids is 2. The number of aryl methyl sites for hydroxylation is 2. The molecule has 0 N–H and O–H groups in total. The number of anilines is 1. The molecule has 5 nitrogen and oxygen atoms in total. The van der Waals surface area contributed by atoms with Crippen molar-refractivity contribution in [1.82, 2.24) is 4.90 Å². The Bertz CT molecular complexity index is 813. The second-order valence-corrected chi connectivity index (χ2v) is 7.68. The van der Waals surface area contributed by atoms with Crippen molar-refractivity contribution in [2.75, 3.05) is 37.7 Å². The number of ether oxygens (including phenoxy) is 1. The molecular formula is C19H21FN2O3S. The fraction of sp³-hybridized carbons (Fsp3) is 0.368. The molecule has 0 atom stereocenters. The van der Waals surface area contributed by atoms with Crippen LogP contribution in [0.3, 0.4) is 0 Å². The number of amides is 1. The zero-order chi connectivity index (χ0) is 18.7. The summed E-state index contributed by atoms with van der Waals surface area (Å²) in [5.41, 5.74) is 1.07. The van der Waals surface area contributed by atoms with Gasteiger partial charge in [0.15, 0.2) is 6.61 Å². The Labute approximate surface area is 156 Å². The fourth-order valence-corrected chi connectivity index (χ4v) is 3.95. The van der Waals surface area contributed by atoms with Crippen LogP contribution in [0.25, 0.3) is 0 Å². The Morgan fingerprint density at radius 2 is 1.85 bits per heavy atom. The average molecular weight is 376 g/mol. The van der Waals surface area contributed by atoms with Crippen molar-refractivity contribution < 1.29 is 18.7 Å². The van der Waals surface area contributed by atoms with Crippen molar-refractivity contribution >= 4 is 28.9 Å². The van der Waals surface area contributed by atoms with E-state index in [1.807, 2.05) is 18.7 Å². The van der Waals surface area contributed by atoms with E-state index in [0.29, 0.717) is 37.4 Å². The molecule has 1 aromatic carbocycles. The molecule has 2 aromatic rings. The number of piperazine rings is 1. The number of carbonyl (C=O) groups is 2. The zero-order valence-electron chi connectivity index (χ0n) is 14.8. The third kappa shape index (κ3) is 4.04. The summed E-state index contributed by atoms with van der Waals surface area (Å²) in [4.78, 5) is 29.9. The van der Waals surface area contributed by atoms with Gasteiger partial charge in [-0.1, -0.05) is 12.1 Å². The quantitative estimate of drug-likeness (QED) is 0.770. The lowest BCUT2D eigenvalue weighted by Gasteiger charge is -2.36. The normalized spacial score (nSPS) is 14.4. The zero-order valence-corrected chi connectivity index (χ0v) is 15.6. The van der Waals surface area contributed by atoms with Crippen molar-refractivity contribution in [3.8, 4) is 0 Å². The van der Waals surface area contributed by atoms with Crippen LogP contribution in [0.5, 0.6) is 0 Å². The largest absolute Gasteiger partial charge is 0.452 e. The molecular weight excluding hydrogens is 355 g/mol. The molecule has 0 unspecified atom stereocenters. The van der Waals surface area contributed by atoms with Crippen LogP contribution >= 0.6 is 11.3 Å². The van der Waals surface area contributed by atoms with Gasteiger partial charge in [-0.15, -0.1) is 11.3 Å². The third-order valence-electron chi connectivity index (χ3n) is 4.41. The fourth-order valence-electron chi connectivity index (χ4n) is 3.03. The van der Waals surface area contributed by atoms with Crippen molar-refractivity contribution in [2.45, 2.75) is 13.8 Å². The van der Waals surface area contributed by atoms with Gasteiger partial charge in [0, 0.05) is 35.9 Å². The minimum absolute atomic E-state index is 0.226. The lowest BCUT2D eigenvalue weighted by atomic mass is 10.2. The van der Waals surface area contributed by atoms with E-state index in [0.717, 1.165) is 9.75 Å². The van der Waals surface area contributed by atoms with Crippen molar-refractivity contribution in [1.29, 1.82) is 0 Å². The molecule has 7 heteroatoms. The average Bonchev–Trinajstić information content (AvgIpc) is 2.98. The van der Waals surface area contributed by atoms with Gasteiger partial charge in [0.1, 0.15) is 5.82 Å². The van der Waals surface area contributed by atoms with Gasteiger partial charge in [0.25, 0.3) is 5.91 Å². The number of hydrogen-bond acceptors (Lipinski definition) is 5. The number of esters is 1. The first kappa shape index (κ1) is 18.4. The molecule has 2 heterocycles. The van der Waals surface area contributed by atoms with Crippen LogP contribution in [0, 0.1) is 19.7 Å². The predicted octanol–water partition coefficient (Wildman–Crippen LogP) is 3.01. The van der Waals surface area contributed by atoms with Crippen LogP contribution in [0.2, 0.25) is 0 Å². The maximum atomic E-state index is 13.9. The van der Waals surface area contributed by atoms with Crippen LogP contribution in [-0.4, -0.2) is 49.6 Å². The highest BCUT2D eigenvalue weighted by Crippen LogP contribution is 2.22. The molecule has 0 radical (unpaired) electrons. The predicted molar refractivity (Wildman–Crippen MR) is 99.3 cm³/mol. The summed E-state index contributed by atoms with van der Waals surface area (Å²) in [5.74, 6) is -0.955. The molecule has 1 aromatic heterocycles. The molecule has 0 bridgehead atoms. The minimum Gasteiger partial charge on any atom is -0.452 e. The Morgan fingerprint density at radius 1 is 1.15 bits per heavy atom. The minimum atomic E-state index is -0.467. The monoisotopic (exact) mass is 376 g/mol. The summed E-state index contributed by atoms with van der Waals surface area (Å²) in [5, 5.41) is 0. The van der Waals surface area contributed by atoms with Crippen LogP contribution in [0.1, 0.15) is 20.1 Å².